The number of hydrogen-bond donors (Lipinski definition) is 2. The molecule has 7 heteroatoms. The van der Waals surface area contributed by atoms with Crippen molar-refractivity contribution in [3.8, 4) is 0 Å². The van der Waals surface area contributed by atoms with Crippen molar-refractivity contribution in [1.29, 1.82) is 5.41 Å². The van der Waals surface area contributed by atoms with E-state index >= 15 is 0 Å². The number of thiophene rings is 1. The zero-order valence-corrected chi connectivity index (χ0v) is 15.1. The molecule has 0 bridgehead atoms. The number of nitrogens with one attached hydrogen (secondary N) is 2. The first-order chi connectivity index (χ1) is 11.9. The van der Waals surface area contributed by atoms with E-state index in [0.29, 0.717) is 0 Å². The lowest BCUT2D eigenvalue weighted by Gasteiger charge is -2.45. The van der Waals surface area contributed by atoms with E-state index in [9.17, 15) is 4.79 Å². The van der Waals surface area contributed by atoms with Crippen molar-refractivity contribution in [3.05, 3.63) is 52.4 Å². The molecule has 5 nitrogen and oxygen atoms in total. The summed E-state index contributed by atoms with van der Waals surface area (Å²) in [6.07, 6.45) is 1.65. The minimum Gasteiger partial charge on any atom is -0.464 e. The van der Waals surface area contributed by atoms with Crippen LogP contribution in [0.15, 0.2) is 46.4 Å². The molecule has 4 rings (SSSR count). The zero-order valence-electron chi connectivity index (χ0n) is 14.3. The third-order valence-electron chi connectivity index (χ3n) is 4.92. The summed E-state index contributed by atoms with van der Waals surface area (Å²) in [6, 6.07) is 9.84. The van der Waals surface area contributed by atoms with E-state index in [1.807, 2.05) is 39.0 Å². The molecule has 2 N–H and O–H groups in total. The second-order valence-corrected chi connectivity index (χ2v) is 7.62. The number of hydrogen-bond acceptors (Lipinski definition) is 4. The normalized spacial score (nSPS) is 23.9. The first-order valence-corrected chi connectivity index (χ1v) is 8.95. The van der Waals surface area contributed by atoms with Gasteiger partial charge in [-0.15, -0.1) is 11.3 Å². The molecular weight excluding hydrogens is 333 g/mol. The molecule has 2 aromatic heterocycles. The Labute approximate surface area is 150 Å². The molecule has 25 heavy (non-hydrogen) atoms. The predicted octanol–water partition coefficient (Wildman–Crippen LogP) is 1.75. The molecule has 3 aromatic rings. The molecule has 0 saturated carbocycles. The van der Waals surface area contributed by atoms with Gasteiger partial charge in [-0.3, -0.25) is 15.1 Å². The first kappa shape index (κ1) is 16.0. The predicted molar refractivity (Wildman–Crippen MR) is 102 cm³/mol. The topological polar surface area (TPSA) is 69.3 Å². The van der Waals surface area contributed by atoms with Crippen LogP contribution in [0.4, 0.5) is 0 Å². The van der Waals surface area contributed by atoms with Crippen LogP contribution in [0.25, 0.3) is 11.0 Å². The van der Waals surface area contributed by atoms with Gasteiger partial charge in [-0.05, 0) is 36.1 Å². The Balaban J connectivity index is 1.90. The second kappa shape index (κ2) is 5.49. The number of carbonyl (C=O) groups is 1. The van der Waals surface area contributed by atoms with Crippen molar-refractivity contribution in [2.75, 3.05) is 7.05 Å². The number of fused-ring (bicyclic) bond motifs is 1. The minimum absolute atomic E-state index is 0.0832. The van der Waals surface area contributed by atoms with Gasteiger partial charge in [0.2, 0.25) is 5.91 Å². The lowest BCUT2D eigenvalue weighted by atomic mass is 9.76. The maximum Gasteiger partial charge on any atom is 0.239 e. The van der Waals surface area contributed by atoms with Crippen molar-refractivity contribution in [1.82, 2.24) is 10.2 Å². The lowest BCUT2D eigenvalue weighted by molar-refractivity contribution is -0.131. The van der Waals surface area contributed by atoms with Gasteiger partial charge < -0.3 is 9.73 Å². The number of guanidine groups is 1. The summed E-state index contributed by atoms with van der Waals surface area (Å²) in [4.78, 5) is 15.6. The summed E-state index contributed by atoms with van der Waals surface area (Å²) in [5, 5.41) is 14.5. The van der Waals surface area contributed by atoms with Crippen LogP contribution < -0.4 is 10.8 Å². The molecule has 126 valence electrons. The summed E-state index contributed by atoms with van der Waals surface area (Å²) >= 11 is 1.62. The first-order valence-electron chi connectivity index (χ1n) is 8.07. The molecule has 1 aliphatic rings. The molecule has 0 unspecified atom stereocenters. The fraction of sp³-hybridized carbons (Fsp3) is 0.222. The zero-order chi connectivity index (χ0) is 17.8. The molecule has 1 aliphatic heterocycles. The SMILES string of the molecule is Bc1csc([C@@]2(C)NC(=N)N(C)C(=O)[C@H]2c2ccc3occc3c2)c1. The van der Waals surface area contributed by atoms with Crippen LogP contribution in [0.1, 0.15) is 23.3 Å². The van der Waals surface area contributed by atoms with Gasteiger partial charge >= 0.3 is 0 Å². The summed E-state index contributed by atoms with van der Waals surface area (Å²) in [5.74, 6) is -0.386. The van der Waals surface area contributed by atoms with Gasteiger partial charge in [0.05, 0.1) is 17.7 Å². The number of amides is 1. The molecule has 1 fully saturated rings. The maximum atomic E-state index is 13.1. The number of rotatable bonds is 2. The van der Waals surface area contributed by atoms with Crippen LogP contribution in [0.3, 0.4) is 0 Å². The van der Waals surface area contributed by atoms with Gasteiger partial charge in [-0.25, -0.2) is 0 Å². The summed E-state index contributed by atoms with van der Waals surface area (Å²) < 4.78 is 5.42. The number of likely N-dealkylation sites (N-methyl/N-ethyl adjacent to an activating group) is 1. The Morgan fingerprint density at radius 2 is 2.16 bits per heavy atom. The molecule has 1 amide bonds. The molecule has 0 aliphatic carbocycles. The standard InChI is InChI=1S/C18H18BN3O2S/c1-18(14-8-12(19)9-25-14)15(16(23)22(2)17(20)21-18)11-3-4-13-10(7-11)5-6-24-13/h3-9,15H,19H2,1-2H3,(H2,20,21)/t15-,18-/m1/s1. The maximum absolute atomic E-state index is 13.1. The van der Waals surface area contributed by atoms with Crippen LogP contribution >= 0.6 is 11.3 Å². The van der Waals surface area contributed by atoms with Crippen molar-refractivity contribution in [2.45, 2.75) is 18.4 Å². The van der Waals surface area contributed by atoms with E-state index in [2.05, 4.69) is 16.8 Å². The van der Waals surface area contributed by atoms with Crippen LogP contribution in [0, 0.1) is 5.41 Å². The smallest absolute Gasteiger partial charge is 0.239 e. The van der Waals surface area contributed by atoms with Gasteiger partial charge in [0.15, 0.2) is 5.96 Å². The lowest BCUT2D eigenvalue weighted by Crippen LogP contribution is -2.62. The number of nitrogens with zero attached hydrogens (tertiary/aromatic N) is 1. The molecule has 0 spiro atoms. The average Bonchev–Trinajstić information content (AvgIpc) is 3.21. The van der Waals surface area contributed by atoms with Crippen LogP contribution in [0.2, 0.25) is 0 Å². The molecular formula is C18H18BN3O2S. The Kier molecular flexibility index (Phi) is 3.51. The largest absolute Gasteiger partial charge is 0.464 e. The van der Waals surface area contributed by atoms with E-state index in [1.54, 1.807) is 24.6 Å². The van der Waals surface area contributed by atoms with Crippen LogP contribution in [-0.2, 0) is 10.3 Å². The average molecular weight is 351 g/mol. The third kappa shape index (κ3) is 2.38. The Morgan fingerprint density at radius 1 is 1.36 bits per heavy atom. The number of carbonyl (C=O) groups excluding carboxylic acids is 1. The van der Waals surface area contributed by atoms with Crippen molar-refractivity contribution in [2.24, 2.45) is 0 Å². The number of furan rings is 1. The van der Waals surface area contributed by atoms with Crippen molar-refractivity contribution in [3.63, 3.8) is 0 Å². The fourth-order valence-electron chi connectivity index (χ4n) is 3.50. The Hall–Kier alpha value is -2.54. The quantitative estimate of drug-likeness (QED) is 0.691. The van der Waals surface area contributed by atoms with Gasteiger partial charge in [0.25, 0.3) is 0 Å². The van der Waals surface area contributed by atoms with Gasteiger partial charge in [-0.1, -0.05) is 17.6 Å². The van der Waals surface area contributed by atoms with Crippen molar-refractivity contribution < 1.29 is 9.21 Å². The van der Waals surface area contributed by atoms with Crippen LogP contribution in [-0.4, -0.2) is 31.7 Å². The Bertz CT molecular complexity index is 995. The highest BCUT2D eigenvalue weighted by molar-refractivity contribution is 7.11. The summed E-state index contributed by atoms with van der Waals surface area (Å²) in [7, 11) is 3.68. The highest BCUT2D eigenvalue weighted by atomic mass is 32.1. The van der Waals surface area contributed by atoms with Crippen molar-refractivity contribution >= 4 is 47.5 Å². The van der Waals surface area contributed by atoms with Gasteiger partial charge in [-0.2, -0.15) is 0 Å². The minimum atomic E-state index is -0.670. The number of benzene rings is 1. The van der Waals surface area contributed by atoms with Gasteiger partial charge in [0, 0.05) is 17.3 Å². The van der Waals surface area contributed by atoms with E-state index < -0.39 is 11.5 Å². The molecule has 2 atom stereocenters. The van der Waals surface area contributed by atoms with E-state index in [-0.39, 0.29) is 11.9 Å². The van der Waals surface area contributed by atoms with Crippen LogP contribution in [0.5, 0.6) is 0 Å². The second-order valence-electron chi connectivity index (χ2n) is 6.71. The highest BCUT2D eigenvalue weighted by Gasteiger charge is 2.49. The molecule has 3 heterocycles. The molecule has 0 radical (unpaired) electrons. The third-order valence-corrected chi connectivity index (χ3v) is 6.21. The highest BCUT2D eigenvalue weighted by Crippen LogP contribution is 2.42. The van der Waals surface area contributed by atoms with Gasteiger partial charge in [0.1, 0.15) is 13.4 Å². The van der Waals surface area contributed by atoms with E-state index in [4.69, 9.17) is 9.83 Å². The Morgan fingerprint density at radius 3 is 2.88 bits per heavy atom. The van der Waals surface area contributed by atoms with E-state index in [1.165, 1.54) is 4.90 Å². The monoisotopic (exact) mass is 351 g/mol. The summed E-state index contributed by atoms with van der Waals surface area (Å²) in [5.41, 5.74) is 2.20. The fourth-order valence-corrected chi connectivity index (χ4v) is 4.55. The summed E-state index contributed by atoms with van der Waals surface area (Å²) in [6.45, 7) is 2.00. The molecule has 1 saturated heterocycles. The van der Waals surface area contributed by atoms with E-state index in [0.717, 1.165) is 26.9 Å². The molecule has 1 aromatic carbocycles.